The van der Waals surface area contributed by atoms with E-state index in [9.17, 15) is 0 Å². The van der Waals surface area contributed by atoms with Gasteiger partial charge in [0, 0.05) is 0 Å². The molecule has 0 spiro atoms. The van der Waals surface area contributed by atoms with E-state index in [0.29, 0.717) is 0 Å². The van der Waals surface area contributed by atoms with Crippen molar-refractivity contribution in [1.29, 1.82) is 0 Å². The minimum atomic E-state index is 0.812. The highest BCUT2D eigenvalue weighted by atomic mass is 14.3. The Morgan fingerprint density at radius 3 is 3.14 bits per heavy atom. The highest BCUT2D eigenvalue weighted by Gasteiger charge is 2.22. The van der Waals surface area contributed by atoms with Crippen LogP contribution in [0.3, 0.4) is 0 Å². The molecule has 0 bridgehead atoms. The largest absolute Gasteiger partial charge is 0.0763 e. The number of benzene rings is 1. The van der Waals surface area contributed by atoms with E-state index in [1.54, 1.807) is 16.4 Å². The molecule has 0 N–H and O–H groups in total. The molecular formula is C14H16. The van der Waals surface area contributed by atoms with E-state index in [1.165, 1.54) is 30.9 Å². The fraction of sp³-hybridized carbons (Fsp3) is 0.429. The quantitative estimate of drug-likeness (QED) is 0.628. The van der Waals surface area contributed by atoms with Crippen molar-refractivity contribution in [2.45, 2.75) is 38.5 Å². The van der Waals surface area contributed by atoms with Gasteiger partial charge in [-0.1, -0.05) is 36.8 Å². The summed E-state index contributed by atoms with van der Waals surface area (Å²) in [5, 5.41) is 3.12. The highest BCUT2D eigenvalue weighted by molar-refractivity contribution is 5.58. The molecule has 1 aromatic carbocycles. The van der Waals surface area contributed by atoms with Gasteiger partial charge < -0.3 is 0 Å². The van der Waals surface area contributed by atoms with Gasteiger partial charge in [0.1, 0.15) is 0 Å². The Balaban J connectivity index is 2.35. The highest BCUT2D eigenvalue weighted by Crippen LogP contribution is 2.32. The van der Waals surface area contributed by atoms with Gasteiger partial charge in [-0.3, -0.25) is 0 Å². The van der Waals surface area contributed by atoms with Crippen molar-refractivity contribution in [2.75, 3.05) is 0 Å². The fourth-order valence-electron chi connectivity index (χ4n) is 3.01. The number of hydrogen-bond donors (Lipinski definition) is 0. The van der Waals surface area contributed by atoms with Crippen molar-refractivity contribution in [3.63, 3.8) is 0 Å². The predicted octanol–water partition coefficient (Wildman–Crippen LogP) is 2.31. The molecule has 0 heterocycles. The van der Waals surface area contributed by atoms with Crippen LogP contribution in [0.1, 0.15) is 44.1 Å². The van der Waals surface area contributed by atoms with Crippen LogP contribution in [-0.2, 0) is 0 Å². The Morgan fingerprint density at radius 1 is 1.36 bits per heavy atom. The smallest absolute Gasteiger partial charge is 0.0121 e. The maximum Gasteiger partial charge on any atom is -0.0121 e. The van der Waals surface area contributed by atoms with E-state index in [0.717, 1.165) is 5.92 Å². The van der Waals surface area contributed by atoms with E-state index in [1.807, 2.05) is 0 Å². The fourth-order valence-corrected chi connectivity index (χ4v) is 3.01. The molecule has 3 rings (SSSR count). The maximum atomic E-state index is 2.40. The molecule has 1 unspecified atom stereocenters. The van der Waals surface area contributed by atoms with Crippen LogP contribution < -0.4 is 10.4 Å². The van der Waals surface area contributed by atoms with Crippen LogP contribution in [-0.4, -0.2) is 0 Å². The molecule has 0 aromatic heterocycles. The van der Waals surface area contributed by atoms with Gasteiger partial charge in [0.2, 0.25) is 0 Å². The third-order valence-electron chi connectivity index (χ3n) is 3.72. The summed E-state index contributed by atoms with van der Waals surface area (Å²) < 4.78 is 0. The molecule has 2 aliphatic rings. The van der Waals surface area contributed by atoms with Crippen molar-refractivity contribution in [3.8, 4) is 0 Å². The van der Waals surface area contributed by atoms with Crippen LogP contribution in [0.5, 0.6) is 0 Å². The van der Waals surface area contributed by atoms with Crippen molar-refractivity contribution in [2.24, 2.45) is 0 Å². The molecule has 1 aromatic rings. The standard InChI is InChI=1S/C14H16/c1-2-10-9-12-7-3-5-11-6-4-8-13(10)14(11)12/h4-6,8,10H,2-3,7,9H2,1H3. The van der Waals surface area contributed by atoms with Crippen LogP contribution in [0.2, 0.25) is 0 Å². The zero-order valence-corrected chi connectivity index (χ0v) is 8.72. The molecule has 0 radical (unpaired) electrons. The number of hydrogen-bond acceptors (Lipinski definition) is 0. The first kappa shape index (κ1) is 8.28. The summed E-state index contributed by atoms with van der Waals surface area (Å²) in [5.74, 6) is 0.812. The Kier molecular flexibility index (Phi) is 1.76. The van der Waals surface area contributed by atoms with Crippen molar-refractivity contribution >= 4 is 11.6 Å². The SMILES string of the molecule is CCC1CC2=c3c1cccc3=CCC2. The third-order valence-corrected chi connectivity index (χ3v) is 3.72. The van der Waals surface area contributed by atoms with Gasteiger partial charge in [-0.25, -0.2) is 0 Å². The summed E-state index contributed by atoms with van der Waals surface area (Å²) in [4.78, 5) is 0. The lowest BCUT2D eigenvalue weighted by Crippen LogP contribution is -2.29. The first-order chi connectivity index (χ1) is 6.90. The molecule has 2 aliphatic carbocycles. The van der Waals surface area contributed by atoms with Crippen LogP contribution in [0.25, 0.3) is 11.6 Å². The minimum Gasteiger partial charge on any atom is -0.0763 e. The monoisotopic (exact) mass is 184 g/mol. The van der Waals surface area contributed by atoms with Crippen LogP contribution in [0.15, 0.2) is 18.2 Å². The summed E-state index contributed by atoms with van der Waals surface area (Å²) in [7, 11) is 0. The summed E-state index contributed by atoms with van der Waals surface area (Å²) in [5.41, 5.74) is 3.35. The average molecular weight is 184 g/mol. The second-order valence-corrected chi connectivity index (χ2v) is 4.47. The molecule has 0 saturated carbocycles. The van der Waals surface area contributed by atoms with E-state index in [2.05, 4.69) is 31.2 Å². The molecule has 0 amide bonds. The molecular weight excluding hydrogens is 168 g/mol. The second-order valence-electron chi connectivity index (χ2n) is 4.47. The van der Waals surface area contributed by atoms with E-state index < -0.39 is 0 Å². The first-order valence-corrected chi connectivity index (χ1v) is 5.71. The zero-order valence-electron chi connectivity index (χ0n) is 8.72. The van der Waals surface area contributed by atoms with Crippen molar-refractivity contribution in [3.05, 3.63) is 34.2 Å². The topological polar surface area (TPSA) is 0 Å². The van der Waals surface area contributed by atoms with E-state index in [4.69, 9.17) is 0 Å². The summed E-state index contributed by atoms with van der Waals surface area (Å²) in [6, 6.07) is 6.83. The molecule has 72 valence electrons. The minimum absolute atomic E-state index is 0.812. The lowest BCUT2D eigenvalue weighted by Gasteiger charge is -2.07. The second kappa shape index (κ2) is 2.98. The average Bonchev–Trinajstić information content (AvgIpc) is 2.60. The lowest BCUT2D eigenvalue weighted by atomic mass is 9.97. The van der Waals surface area contributed by atoms with E-state index >= 15 is 0 Å². The Bertz CT molecular complexity index is 479. The number of rotatable bonds is 1. The van der Waals surface area contributed by atoms with Gasteiger partial charge >= 0.3 is 0 Å². The molecule has 14 heavy (non-hydrogen) atoms. The molecule has 1 atom stereocenters. The van der Waals surface area contributed by atoms with Crippen molar-refractivity contribution in [1.82, 2.24) is 0 Å². The first-order valence-electron chi connectivity index (χ1n) is 5.71. The Hall–Kier alpha value is -1.04. The van der Waals surface area contributed by atoms with Gasteiger partial charge in [-0.15, -0.1) is 0 Å². The van der Waals surface area contributed by atoms with Gasteiger partial charge in [-0.2, -0.15) is 0 Å². The maximum absolute atomic E-state index is 2.40. The van der Waals surface area contributed by atoms with Crippen LogP contribution >= 0.6 is 0 Å². The van der Waals surface area contributed by atoms with Gasteiger partial charge in [0.25, 0.3) is 0 Å². The van der Waals surface area contributed by atoms with Crippen LogP contribution in [0, 0.1) is 0 Å². The van der Waals surface area contributed by atoms with Crippen molar-refractivity contribution < 1.29 is 0 Å². The summed E-state index contributed by atoms with van der Waals surface area (Å²) >= 11 is 0. The Labute approximate surface area is 85.0 Å². The molecule has 0 aliphatic heterocycles. The molecule has 0 heteroatoms. The van der Waals surface area contributed by atoms with Gasteiger partial charge in [0.05, 0.1) is 0 Å². The summed E-state index contributed by atoms with van der Waals surface area (Å²) in [6.45, 7) is 2.31. The van der Waals surface area contributed by atoms with E-state index in [-0.39, 0.29) is 0 Å². The molecule has 0 nitrogen and oxygen atoms in total. The van der Waals surface area contributed by atoms with Crippen LogP contribution in [0.4, 0.5) is 0 Å². The van der Waals surface area contributed by atoms with Gasteiger partial charge in [0.15, 0.2) is 0 Å². The lowest BCUT2D eigenvalue weighted by molar-refractivity contribution is 0.692. The third kappa shape index (κ3) is 1.00. The summed E-state index contributed by atoms with van der Waals surface area (Å²) in [6.07, 6.45) is 7.58. The Morgan fingerprint density at radius 2 is 2.29 bits per heavy atom. The zero-order chi connectivity index (χ0) is 9.54. The predicted molar refractivity (Wildman–Crippen MR) is 60.4 cm³/mol. The molecule has 0 fully saturated rings. The molecule has 0 saturated heterocycles. The van der Waals surface area contributed by atoms with Gasteiger partial charge in [-0.05, 0) is 47.6 Å². The normalized spacial score (nSPS) is 23.2.